The Balaban J connectivity index is 2.04. The van der Waals surface area contributed by atoms with Crippen LogP contribution in [0, 0.1) is 17.3 Å². The molecule has 0 unspecified atom stereocenters. The smallest absolute Gasteiger partial charge is 0.302 e. The molecule has 0 aromatic heterocycles. The summed E-state index contributed by atoms with van der Waals surface area (Å²) in [5.41, 5.74) is 3.28. The summed E-state index contributed by atoms with van der Waals surface area (Å²) in [6.45, 7) is 8.78. The normalized spacial score (nSPS) is 32.9. The van der Waals surface area contributed by atoms with Crippen molar-refractivity contribution in [3.63, 3.8) is 0 Å². The molecule has 0 heterocycles. The number of rotatable bonds is 2. The van der Waals surface area contributed by atoms with Gasteiger partial charge in [0.2, 0.25) is 0 Å². The van der Waals surface area contributed by atoms with Crippen molar-refractivity contribution in [3.8, 4) is 0 Å². The zero-order valence-corrected chi connectivity index (χ0v) is 9.39. The quantitative estimate of drug-likeness (QED) is 0.499. The van der Waals surface area contributed by atoms with E-state index in [1.807, 2.05) is 0 Å². The van der Waals surface area contributed by atoms with Gasteiger partial charge in [0.1, 0.15) is 6.61 Å². The van der Waals surface area contributed by atoms with E-state index in [0.717, 1.165) is 5.92 Å². The first-order chi connectivity index (χ1) is 6.44. The zero-order chi connectivity index (χ0) is 10.5. The lowest BCUT2D eigenvalue weighted by Gasteiger charge is -2.13. The first-order valence-electron chi connectivity index (χ1n) is 5.26. The van der Waals surface area contributed by atoms with E-state index in [-0.39, 0.29) is 5.97 Å². The Morgan fingerprint density at radius 1 is 1.57 bits per heavy atom. The van der Waals surface area contributed by atoms with Gasteiger partial charge in [0, 0.05) is 6.92 Å². The van der Waals surface area contributed by atoms with Crippen molar-refractivity contribution in [2.24, 2.45) is 17.3 Å². The van der Waals surface area contributed by atoms with Crippen LogP contribution in [0.25, 0.3) is 0 Å². The summed E-state index contributed by atoms with van der Waals surface area (Å²) in [4.78, 5) is 10.7. The highest BCUT2D eigenvalue weighted by atomic mass is 16.5. The van der Waals surface area contributed by atoms with Crippen LogP contribution in [0.4, 0.5) is 0 Å². The van der Waals surface area contributed by atoms with Crippen LogP contribution in [0.5, 0.6) is 0 Å². The Bertz CT molecular complexity index is 312. The van der Waals surface area contributed by atoms with E-state index in [1.165, 1.54) is 24.5 Å². The summed E-state index contributed by atoms with van der Waals surface area (Å²) >= 11 is 0. The van der Waals surface area contributed by atoms with Gasteiger partial charge in [-0.1, -0.05) is 19.4 Å². The molecule has 2 atom stereocenters. The summed E-state index contributed by atoms with van der Waals surface area (Å²) in [6, 6.07) is 0. The molecule has 78 valence electrons. The summed E-state index contributed by atoms with van der Waals surface area (Å²) in [5.74, 6) is 1.32. The molecule has 2 heteroatoms. The first-order valence-corrected chi connectivity index (χ1v) is 5.26. The van der Waals surface area contributed by atoms with Crippen molar-refractivity contribution >= 4 is 5.97 Å². The van der Waals surface area contributed by atoms with Gasteiger partial charge in [-0.05, 0) is 36.2 Å². The summed E-state index contributed by atoms with van der Waals surface area (Å²) in [5, 5.41) is 0. The maximum Gasteiger partial charge on any atom is 0.302 e. The molecule has 0 bridgehead atoms. The lowest BCUT2D eigenvalue weighted by molar-refractivity contribution is -0.140. The topological polar surface area (TPSA) is 26.3 Å². The highest BCUT2D eigenvalue weighted by Gasteiger charge is 2.62. The lowest BCUT2D eigenvalue weighted by Crippen LogP contribution is -2.08. The average Bonchev–Trinajstić information content (AvgIpc) is 2.45. The van der Waals surface area contributed by atoms with Crippen molar-refractivity contribution in [1.82, 2.24) is 0 Å². The predicted molar refractivity (Wildman–Crippen MR) is 54.7 cm³/mol. The molecule has 1 fully saturated rings. The third kappa shape index (κ3) is 1.28. The van der Waals surface area contributed by atoms with Crippen molar-refractivity contribution in [1.29, 1.82) is 0 Å². The number of ether oxygens (including phenoxy) is 1. The van der Waals surface area contributed by atoms with Crippen molar-refractivity contribution < 1.29 is 9.53 Å². The molecule has 1 saturated carbocycles. The molecule has 0 radical (unpaired) electrons. The molecule has 0 spiro atoms. The van der Waals surface area contributed by atoms with Crippen LogP contribution >= 0.6 is 0 Å². The Morgan fingerprint density at radius 2 is 2.21 bits per heavy atom. The number of fused-ring (bicyclic) bond motifs is 1. The minimum Gasteiger partial charge on any atom is -0.461 e. The molecule has 14 heavy (non-hydrogen) atoms. The van der Waals surface area contributed by atoms with Crippen LogP contribution in [0.1, 0.15) is 34.1 Å². The molecule has 0 aromatic rings. The molecular formula is C12H18O2. The van der Waals surface area contributed by atoms with Gasteiger partial charge in [-0.3, -0.25) is 4.79 Å². The third-order valence-electron chi connectivity index (χ3n) is 3.93. The number of carbonyl (C=O) groups excluding carboxylic acids is 1. The largest absolute Gasteiger partial charge is 0.461 e. The molecule has 0 aromatic carbocycles. The Hall–Kier alpha value is -0.790. The van der Waals surface area contributed by atoms with E-state index in [9.17, 15) is 4.79 Å². The molecule has 0 saturated heterocycles. The van der Waals surface area contributed by atoms with Crippen LogP contribution in [-0.2, 0) is 9.53 Å². The Labute approximate surface area is 85.3 Å². The molecular weight excluding hydrogens is 176 g/mol. The Kier molecular flexibility index (Phi) is 1.98. The van der Waals surface area contributed by atoms with Crippen molar-refractivity contribution in [3.05, 3.63) is 11.1 Å². The van der Waals surface area contributed by atoms with E-state index in [1.54, 1.807) is 0 Å². The van der Waals surface area contributed by atoms with Gasteiger partial charge in [-0.2, -0.15) is 0 Å². The van der Waals surface area contributed by atoms with Gasteiger partial charge in [-0.25, -0.2) is 0 Å². The van der Waals surface area contributed by atoms with Gasteiger partial charge >= 0.3 is 5.97 Å². The van der Waals surface area contributed by atoms with Crippen LogP contribution in [0.3, 0.4) is 0 Å². The monoisotopic (exact) mass is 194 g/mol. The van der Waals surface area contributed by atoms with E-state index >= 15 is 0 Å². The number of hydrogen-bond donors (Lipinski definition) is 0. The van der Waals surface area contributed by atoms with Gasteiger partial charge in [0.25, 0.3) is 0 Å². The minimum absolute atomic E-state index is 0.174. The van der Waals surface area contributed by atoms with E-state index in [2.05, 4.69) is 20.8 Å². The lowest BCUT2D eigenvalue weighted by atomic mass is 9.96. The summed E-state index contributed by atoms with van der Waals surface area (Å²) in [7, 11) is 0. The van der Waals surface area contributed by atoms with E-state index in [0.29, 0.717) is 17.9 Å². The predicted octanol–water partition coefficient (Wildman–Crippen LogP) is 2.54. The summed E-state index contributed by atoms with van der Waals surface area (Å²) < 4.78 is 5.09. The first kappa shape index (κ1) is 9.75. The second kappa shape index (κ2) is 2.85. The standard InChI is InChI=1S/C12H18O2/c1-7-5-10-11(12(10,3)4)9(7)6-14-8(2)13/h10-11H,5-6H2,1-4H3/t10-,11+/m0/s1. The van der Waals surface area contributed by atoms with Crippen molar-refractivity contribution in [2.45, 2.75) is 34.1 Å². The second-order valence-electron chi connectivity index (χ2n) is 5.20. The maximum atomic E-state index is 10.7. The van der Waals surface area contributed by atoms with Gasteiger partial charge < -0.3 is 4.74 Å². The van der Waals surface area contributed by atoms with Gasteiger partial charge in [0.15, 0.2) is 0 Å². The number of hydrogen-bond acceptors (Lipinski definition) is 2. The van der Waals surface area contributed by atoms with Crippen LogP contribution in [0.2, 0.25) is 0 Å². The molecule has 0 N–H and O–H groups in total. The van der Waals surface area contributed by atoms with Crippen LogP contribution in [-0.4, -0.2) is 12.6 Å². The zero-order valence-electron chi connectivity index (χ0n) is 9.39. The van der Waals surface area contributed by atoms with Crippen LogP contribution < -0.4 is 0 Å². The number of allylic oxidation sites excluding steroid dienone is 1. The summed E-state index contributed by atoms with van der Waals surface area (Å²) in [6.07, 6.45) is 1.20. The van der Waals surface area contributed by atoms with E-state index < -0.39 is 0 Å². The minimum atomic E-state index is -0.174. The maximum absolute atomic E-state index is 10.7. The third-order valence-corrected chi connectivity index (χ3v) is 3.93. The molecule has 2 nitrogen and oxygen atoms in total. The SMILES string of the molecule is CC(=O)OCC1=C(C)C[C@H]2[C@@H]1C2(C)C. The number of esters is 1. The Morgan fingerprint density at radius 3 is 2.71 bits per heavy atom. The fourth-order valence-corrected chi connectivity index (χ4v) is 2.94. The highest BCUT2D eigenvalue weighted by Crippen LogP contribution is 2.68. The van der Waals surface area contributed by atoms with Gasteiger partial charge in [-0.15, -0.1) is 0 Å². The fourth-order valence-electron chi connectivity index (χ4n) is 2.94. The molecule has 0 amide bonds. The fraction of sp³-hybridized carbons (Fsp3) is 0.750. The highest BCUT2D eigenvalue weighted by molar-refractivity contribution is 5.66. The average molecular weight is 194 g/mol. The molecule has 2 rings (SSSR count). The molecule has 2 aliphatic rings. The van der Waals surface area contributed by atoms with Crippen molar-refractivity contribution in [2.75, 3.05) is 6.61 Å². The number of carbonyl (C=O) groups is 1. The molecule has 0 aliphatic heterocycles. The van der Waals surface area contributed by atoms with E-state index in [4.69, 9.17) is 4.74 Å². The van der Waals surface area contributed by atoms with Gasteiger partial charge in [0.05, 0.1) is 0 Å². The van der Waals surface area contributed by atoms with Crippen LogP contribution in [0.15, 0.2) is 11.1 Å². The molecule has 2 aliphatic carbocycles. The second-order valence-corrected chi connectivity index (χ2v) is 5.20.